The van der Waals surface area contributed by atoms with Gasteiger partial charge in [-0.05, 0) is 32.8 Å². The van der Waals surface area contributed by atoms with Crippen molar-refractivity contribution in [2.75, 3.05) is 31.1 Å². The van der Waals surface area contributed by atoms with Crippen LogP contribution in [0.3, 0.4) is 0 Å². The largest absolute Gasteiger partial charge is 0.356 e. The van der Waals surface area contributed by atoms with Crippen LogP contribution >= 0.6 is 0 Å². The van der Waals surface area contributed by atoms with Crippen molar-refractivity contribution in [1.82, 2.24) is 24.6 Å². The molecule has 4 heterocycles. The van der Waals surface area contributed by atoms with Gasteiger partial charge in [0.1, 0.15) is 12.1 Å². The van der Waals surface area contributed by atoms with Crippen LogP contribution in [0.2, 0.25) is 0 Å². The Morgan fingerprint density at radius 2 is 1.70 bits per heavy atom. The summed E-state index contributed by atoms with van der Waals surface area (Å²) in [5.74, 6) is 3.59. The van der Waals surface area contributed by atoms with E-state index in [1.54, 1.807) is 6.33 Å². The van der Waals surface area contributed by atoms with Crippen LogP contribution in [0.4, 0.5) is 5.82 Å². The number of amides is 1. The molecule has 3 aliphatic rings. The van der Waals surface area contributed by atoms with E-state index in [2.05, 4.69) is 30.9 Å². The first-order valence-electron chi connectivity index (χ1n) is 9.98. The SMILES string of the molecule is Cc1cc(C)n(-c2cc(N3CC4CN(C(=O)C5CCC5)CC4C3)ncn2)n1. The summed E-state index contributed by atoms with van der Waals surface area (Å²) in [4.78, 5) is 25.9. The number of aryl methyl sites for hydroxylation is 2. The molecule has 2 aliphatic heterocycles. The second-order valence-electron chi connectivity index (χ2n) is 8.37. The summed E-state index contributed by atoms with van der Waals surface area (Å²) in [7, 11) is 0. The van der Waals surface area contributed by atoms with Crippen molar-refractivity contribution in [2.45, 2.75) is 33.1 Å². The Hall–Kier alpha value is -2.44. The van der Waals surface area contributed by atoms with Crippen LogP contribution in [0, 0.1) is 31.6 Å². The fourth-order valence-electron chi connectivity index (χ4n) is 4.76. The smallest absolute Gasteiger partial charge is 0.225 e. The van der Waals surface area contributed by atoms with Gasteiger partial charge in [-0.3, -0.25) is 4.79 Å². The molecule has 0 N–H and O–H groups in total. The summed E-state index contributed by atoms with van der Waals surface area (Å²) in [6.07, 6.45) is 5.03. The normalized spacial score (nSPS) is 25.0. The van der Waals surface area contributed by atoms with Crippen LogP contribution < -0.4 is 4.90 Å². The second kappa shape index (κ2) is 6.32. The van der Waals surface area contributed by atoms with Gasteiger partial charge >= 0.3 is 0 Å². The standard InChI is InChI=1S/C20H26N6O/c1-13-6-14(2)26(23-13)19-7-18(21-12-22-19)24-8-16-10-25(11-17(16)9-24)20(27)15-4-3-5-15/h6-7,12,15-17H,3-5,8-11H2,1-2H3. The highest BCUT2D eigenvalue weighted by molar-refractivity contribution is 5.80. The lowest BCUT2D eigenvalue weighted by Crippen LogP contribution is -2.39. The van der Waals surface area contributed by atoms with Gasteiger partial charge in [-0.25, -0.2) is 14.6 Å². The van der Waals surface area contributed by atoms with Crippen LogP contribution in [0.15, 0.2) is 18.5 Å². The number of aromatic nitrogens is 4. The summed E-state index contributed by atoms with van der Waals surface area (Å²) in [5, 5.41) is 4.53. The maximum absolute atomic E-state index is 12.5. The zero-order chi connectivity index (χ0) is 18.5. The van der Waals surface area contributed by atoms with Gasteiger partial charge in [0, 0.05) is 55.7 Å². The first-order chi connectivity index (χ1) is 13.1. The molecule has 142 valence electrons. The van der Waals surface area contributed by atoms with Gasteiger partial charge in [-0.2, -0.15) is 5.10 Å². The van der Waals surface area contributed by atoms with E-state index in [4.69, 9.17) is 0 Å². The van der Waals surface area contributed by atoms with Gasteiger partial charge < -0.3 is 9.80 Å². The number of hydrogen-bond acceptors (Lipinski definition) is 5. The van der Waals surface area contributed by atoms with Crippen molar-refractivity contribution < 1.29 is 4.79 Å². The molecule has 1 amide bonds. The monoisotopic (exact) mass is 366 g/mol. The molecule has 2 saturated heterocycles. The molecule has 7 nitrogen and oxygen atoms in total. The first-order valence-corrected chi connectivity index (χ1v) is 9.98. The lowest BCUT2D eigenvalue weighted by molar-refractivity contribution is -0.137. The summed E-state index contributed by atoms with van der Waals surface area (Å²) in [6, 6.07) is 4.08. The van der Waals surface area contributed by atoms with Gasteiger partial charge in [0.15, 0.2) is 5.82 Å². The molecule has 2 aromatic heterocycles. The summed E-state index contributed by atoms with van der Waals surface area (Å²) in [6.45, 7) is 7.77. The Morgan fingerprint density at radius 1 is 1.00 bits per heavy atom. The van der Waals surface area contributed by atoms with Gasteiger partial charge in [-0.15, -0.1) is 0 Å². The molecular formula is C20H26N6O. The number of likely N-dealkylation sites (tertiary alicyclic amines) is 1. The molecule has 1 aliphatic carbocycles. The van der Waals surface area contributed by atoms with Crippen LogP contribution in [0.1, 0.15) is 30.7 Å². The van der Waals surface area contributed by atoms with Crippen LogP contribution in [-0.2, 0) is 4.79 Å². The third-order valence-corrected chi connectivity index (χ3v) is 6.44. The lowest BCUT2D eigenvalue weighted by Gasteiger charge is -2.30. The molecular weight excluding hydrogens is 340 g/mol. The number of carbonyl (C=O) groups excluding carboxylic acids is 1. The fraction of sp³-hybridized carbons (Fsp3) is 0.600. The van der Waals surface area contributed by atoms with E-state index in [1.807, 2.05) is 24.6 Å². The molecule has 0 bridgehead atoms. The zero-order valence-electron chi connectivity index (χ0n) is 16.0. The molecule has 7 heteroatoms. The van der Waals surface area contributed by atoms with Gasteiger partial charge in [0.2, 0.25) is 5.91 Å². The molecule has 1 saturated carbocycles. The molecule has 0 aromatic carbocycles. The lowest BCUT2D eigenvalue weighted by atomic mass is 9.84. The Labute approximate surface area is 159 Å². The Balaban J connectivity index is 1.29. The van der Waals surface area contributed by atoms with Crippen LogP contribution in [0.5, 0.6) is 0 Å². The van der Waals surface area contributed by atoms with E-state index in [-0.39, 0.29) is 0 Å². The van der Waals surface area contributed by atoms with E-state index in [0.717, 1.165) is 62.0 Å². The van der Waals surface area contributed by atoms with Crippen molar-refractivity contribution in [2.24, 2.45) is 17.8 Å². The third-order valence-electron chi connectivity index (χ3n) is 6.44. The van der Waals surface area contributed by atoms with E-state index in [0.29, 0.717) is 23.7 Å². The van der Waals surface area contributed by atoms with Gasteiger partial charge in [-0.1, -0.05) is 6.42 Å². The summed E-state index contributed by atoms with van der Waals surface area (Å²) >= 11 is 0. The van der Waals surface area contributed by atoms with E-state index < -0.39 is 0 Å². The Morgan fingerprint density at radius 3 is 2.30 bits per heavy atom. The molecule has 2 unspecified atom stereocenters. The van der Waals surface area contributed by atoms with Crippen LogP contribution in [-0.4, -0.2) is 56.7 Å². The van der Waals surface area contributed by atoms with Crippen LogP contribution in [0.25, 0.3) is 5.82 Å². The highest BCUT2D eigenvalue weighted by atomic mass is 16.2. The Kier molecular flexibility index (Phi) is 3.91. The summed E-state index contributed by atoms with van der Waals surface area (Å²) in [5.41, 5.74) is 2.06. The molecule has 2 atom stereocenters. The fourth-order valence-corrected chi connectivity index (χ4v) is 4.76. The minimum absolute atomic E-state index is 0.310. The summed E-state index contributed by atoms with van der Waals surface area (Å²) < 4.78 is 1.87. The van der Waals surface area contributed by atoms with E-state index >= 15 is 0 Å². The van der Waals surface area contributed by atoms with Crippen molar-refractivity contribution in [3.05, 3.63) is 29.8 Å². The predicted octanol–water partition coefficient (Wildman–Crippen LogP) is 1.97. The van der Waals surface area contributed by atoms with Gasteiger partial charge in [0.05, 0.1) is 5.69 Å². The molecule has 27 heavy (non-hydrogen) atoms. The van der Waals surface area contributed by atoms with E-state index in [9.17, 15) is 4.79 Å². The first kappa shape index (κ1) is 16.7. The van der Waals surface area contributed by atoms with Crippen molar-refractivity contribution in [3.8, 4) is 5.82 Å². The number of anilines is 1. The predicted molar refractivity (Wildman–Crippen MR) is 102 cm³/mol. The molecule has 0 spiro atoms. The number of carbonyl (C=O) groups is 1. The Bertz CT molecular complexity index is 859. The second-order valence-corrected chi connectivity index (χ2v) is 8.37. The number of rotatable bonds is 3. The van der Waals surface area contributed by atoms with Crippen molar-refractivity contribution in [3.63, 3.8) is 0 Å². The number of nitrogens with zero attached hydrogens (tertiary/aromatic N) is 6. The maximum Gasteiger partial charge on any atom is 0.225 e. The average Bonchev–Trinajstić information content (AvgIpc) is 3.26. The highest BCUT2D eigenvalue weighted by Crippen LogP contribution is 2.36. The number of fused-ring (bicyclic) bond motifs is 1. The van der Waals surface area contributed by atoms with E-state index in [1.165, 1.54) is 6.42 Å². The van der Waals surface area contributed by atoms with Crippen molar-refractivity contribution >= 4 is 11.7 Å². The maximum atomic E-state index is 12.5. The highest BCUT2D eigenvalue weighted by Gasteiger charge is 2.43. The van der Waals surface area contributed by atoms with Gasteiger partial charge in [0.25, 0.3) is 0 Å². The number of hydrogen-bond donors (Lipinski definition) is 0. The molecule has 2 aromatic rings. The minimum atomic E-state index is 0.310. The molecule has 5 rings (SSSR count). The quantitative estimate of drug-likeness (QED) is 0.831. The molecule has 3 fully saturated rings. The molecule has 0 radical (unpaired) electrons. The minimum Gasteiger partial charge on any atom is -0.356 e. The zero-order valence-corrected chi connectivity index (χ0v) is 16.0. The van der Waals surface area contributed by atoms with Crippen molar-refractivity contribution in [1.29, 1.82) is 0 Å². The third kappa shape index (κ3) is 2.89. The topological polar surface area (TPSA) is 67.2 Å². The average molecular weight is 366 g/mol.